The summed E-state index contributed by atoms with van der Waals surface area (Å²) in [6.45, 7) is 0. The second kappa shape index (κ2) is 3.24. The molecule has 1 amide bonds. The Bertz CT molecular complexity index is 197. The minimum absolute atomic E-state index is 0.119. The fourth-order valence-electron chi connectivity index (χ4n) is 1.45. The number of nitriles is 1. The second-order valence-electron chi connectivity index (χ2n) is 2.72. The maximum atomic E-state index is 10.2. The van der Waals surface area contributed by atoms with Crippen LogP contribution in [-0.2, 0) is 0 Å². The van der Waals surface area contributed by atoms with Gasteiger partial charge in [-0.2, -0.15) is 5.26 Å². The number of amides is 1. The second-order valence-corrected chi connectivity index (χ2v) is 2.72. The van der Waals surface area contributed by atoms with Gasteiger partial charge in [0.25, 0.3) is 0 Å². The average Bonchev–Trinajstić information content (AvgIpc) is 2.34. The van der Waals surface area contributed by atoms with Gasteiger partial charge in [-0.3, -0.25) is 0 Å². The number of rotatable bonds is 1. The lowest BCUT2D eigenvalue weighted by Gasteiger charge is -2.11. The molecule has 0 saturated heterocycles. The Morgan fingerprint density at radius 3 is 2.91 bits per heavy atom. The van der Waals surface area contributed by atoms with Crippen LogP contribution in [0.2, 0.25) is 0 Å². The maximum Gasteiger partial charge on any atom is 0.404 e. The van der Waals surface area contributed by atoms with Gasteiger partial charge in [0.05, 0.1) is 12.0 Å². The molecule has 60 valence electrons. The van der Waals surface area contributed by atoms with E-state index < -0.39 is 6.09 Å². The maximum absolute atomic E-state index is 10.2. The van der Waals surface area contributed by atoms with Gasteiger partial charge in [0.1, 0.15) is 0 Å². The van der Waals surface area contributed by atoms with E-state index in [-0.39, 0.29) is 12.0 Å². The van der Waals surface area contributed by atoms with Crippen LogP contribution in [-0.4, -0.2) is 17.2 Å². The zero-order valence-electron chi connectivity index (χ0n) is 6.08. The Labute approximate surface area is 64.8 Å². The minimum Gasteiger partial charge on any atom is -0.465 e. The number of nitrogens with one attached hydrogen (secondary N) is 1. The highest BCUT2D eigenvalue weighted by atomic mass is 16.4. The van der Waals surface area contributed by atoms with Crippen molar-refractivity contribution in [2.45, 2.75) is 25.3 Å². The molecule has 0 bridgehead atoms. The predicted molar refractivity (Wildman–Crippen MR) is 37.9 cm³/mol. The van der Waals surface area contributed by atoms with Gasteiger partial charge in [-0.15, -0.1) is 0 Å². The molecule has 0 aromatic carbocycles. The molecule has 4 nitrogen and oxygen atoms in total. The van der Waals surface area contributed by atoms with Gasteiger partial charge in [-0.05, 0) is 19.3 Å². The Morgan fingerprint density at radius 1 is 1.64 bits per heavy atom. The number of carboxylic acid groups (broad SMARTS) is 1. The van der Waals surface area contributed by atoms with Crippen LogP contribution >= 0.6 is 0 Å². The van der Waals surface area contributed by atoms with Gasteiger partial charge >= 0.3 is 6.09 Å². The van der Waals surface area contributed by atoms with Crippen LogP contribution in [0.3, 0.4) is 0 Å². The van der Waals surface area contributed by atoms with Crippen molar-refractivity contribution in [3.63, 3.8) is 0 Å². The molecule has 2 N–H and O–H groups in total. The van der Waals surface area contributed by atoms with Crippen LogP contribution in [0.4, 0.5) is 4.79 Å². The third-order valence-electron chi connectivity index (χ3n) is 1.99. The molecular formula is C7H10N2O2. The molecule has 0 heterocycles. The van der Waals surface area contributed by atoms with Crippen molar-refractivity contribution in [3.05, 3.63) is 0 Å². The van der Waals surface area contributed by atoms with Gasteiger partial charge in [0, 0.05) is 6.04 Å². The van der Waals surface area contributed by atoms with Crippen LogP contribution < -0.4 is 5.32 Å². The van der Waals surface area contributed by atoms with E-state index in [0.29, 0.717) is 0 Å². The first-order valence-corrected chi connectivity index (χ1v) is 3.63. The Morgan fingerprint density at radius 2 is 2.36 bits per heavy atom. The number of nitrogens with zero attached hydrogens (tertiary/aromatic N) is 1. The van der Waals surface area contributed by atoms with Crippen LogP contribution in [0.1, 0.15) is 19.3 Å². The van der Waals surface area contributed by atoms with Crippen LogP contribution in [0.5, 0.6) is 0 Å². The first-order chi connectivity index (χ1) is 5.24. The van der Waals surface area contributed by atoms with E-state index >= 15 is 0 Å². The molecule has 1 fully saturated rings. The third kappa shape index (κ3) is 1.84. The summed E-state index contributed by atoms with van der Waals surface area (Å²) in [5.74, 6) is -0.119. The van der Waals surface area contributed by atoms with Crippen molar-refractivity contribution in [1.82, 2.24) is 5.32 Å². The van der Waals surface area contributed by atoms with E-state index in [2.05, 4.69) is 11.4 Å². The highest BCUT2D eigenvalue weighted by molar-refractivity contribution is 5.65. The Hall–Kier alpha value is -1.24. The largest absolute Gasteiger partial charge is 0.465 e. The third-order valence-corrected chi connectivity index (χ3v) is 1.99. The number of hydrogen-bond donors (Lipinski definition) is 2. The van der Waals surface area contributed by atoms with Crippen LogP contribution in [0.25, 0.3) is 0 Å². The van der Waals surface area contributed by atoms with Gasteiger partial charge in [0.15, 0.2) is 0 Å². The Kier molecular flexibility index (Phi) is 2.32. The molecule has 1 saturated carbocycles. The zero-order valence-corrected chi connectivity index (χ0v) is 6.08. The van der Waals surface area contributed by atoms with Crippen LogP contribution in [0.15, 0.2) is 0 Å². The molecule has 4 heteroatoms. The van der Waals surface area contributed by atoms with Crippen molar-refractivity contribution < 1.29 is 9.90 Å². The minimum atomic E-state index is -1.03. The molecule has 1 aliphatic carbocycles. The van der Waals surface area contributed by atoms with Crippen molar-refractivity contribution in [1.29, 1.82) is 5.26 Å². The molecule has 2 atom stereocenters. The molecule has 1 aliphatic rings. The summed E-state index contributed by atoms with van der Waals surface area (Å²) in [5, 5.41) is 19.3. The quantitative estimate of drug-likeness (QED) is 0.590. The fraction of sp³-hybridized carbons (Fsp3) is 0.714. The molecule has 1 rings (SSSR count). The lowest BCUT2D eigenvalue weighted by molar-refractivity contribution is 0.188. The Balaban J connectivity index is 2.45. The SMILES string of the molecule is N#C[C@@H]1CCC[C@@H]1NC(=O)O. The molecular weight excluding hydrogens is 144 g/mol. The topological polar surface area (TPSA) is 73.1 Å². The number of hydrogen-bond acceptors (Lipinski definition) is 2. The van der Waals surface area contributed by atoms with E-state index in [0.717, 1.165) is 19.3 Å². The number of carbonyl (C=O) groups is 1. The molecule has 0 aromatic heterocycles. The highest BCUT2D eigenvalue weighted by Gasteiger charge is 2.27. The summed E-state index contributed by atoms with van der Waals surface area (Å²) in [6, 6.07) is 1.95. The first-order valence-electron chi connectivity index (χ1n) is 3.63. The molecule has 11 heavy (non-hydrogen) atoms. The van der Waals surface area contributed by atoms with Gasteiger partial charge in [0.2, 0.25) is 0 Å². The van der Waals surface area contributed by atoms with Crippen molar-refractivity contribution in [2.24, 2.45) is 5.92 Å². The van der Waals surface area contributed by atoms with E-state index in [1.54, 1.807) is 0 Å². The summed E-state index contributed by atoms with van der Waals surface area (Å²) >= 11 is 0. The highest BCUT2D eigenvalue weighted by Crippen LogP contribution is 2.24. The smallest absolute Gasteiger partial charge is 0.404 e. The van der Waals surface area contributed by atoms with Crippen LogP contribution in [0, 0.1) is 17.2 Å². The van der Waals surface area contributed by atoms with E-state index in [1.165, 1.54) is 0 Å². The first kappa shape index (κ1) is 7.86. The molecule has 0 aromatic rings. The predicted octanol–water partition coefficient (Wildman–Crippen LogP) is 0.946. The molecule has 0 spiro atoms. The van der Waals surface area contributed by atoms with Gasteiger partial charge < -0.3 is 10.4 Å². The lowest BCUT2D eigenvalue weighted by Crippen LogP contribution is -2.35. The summed E-state index contributed by atoms with van der Waals surface area (Å²) in [6.07, 6.45) is 1.53. The van der Waals surface area contributed by atoms with Gasteiger partial charge in [-0.25, -0.2) is 4.79 Å². The fourth-order valence-corrected chi connectivity index (χ4v) is 1.45. The van der Waals surface area contributed by atoms with Gasteiger partial charge in [-0.1, -0.05) is 0 Å². The summed E-state index contributed by atoms with van der Waals surface area (Å²) < 4.78 is 0. The molecule has 0 unspecified atom stereocenters. The van der Waals surface area contributed by atoms with E-state index in [4.69, 9.17) is 10.4 Å². The lowest BCUT2D eigenvalue weighted by atomic mass is 10.1. The normalized spacial score (nSPS) is 29.4. The molecule has 0 aliphatic heterocycles. The van der Waals surface area contributed by atoms with E-state index in [9.17, 15) is 4.79 Å². The monoisotopic (exact) mass is 154 g/mol. The van der Waals surface area contributed by atoms with E-state index in [1.807, 2.05) is 0 Å². The van der Waals surface area contributed by atoms with Crippen molar-refractivity contribution in [3.8, 4) is 6.07 Å². The molecule has 0 radical (unpaired) electrons. The summed E-state index contributed by atoms with van der Waals surface area (Å²) in [7, 11) is 0. The summed E-state index contributed by atoms with van der Waals surface area (Å²) in [4.78, 5) is 10.2. The van der Waals surface area contributed by atoms with Crippen molar-refractivity contribution >= 4 is 6.09 Å². The van der Waals surface area contributed by atoms with Crippen molar-refractivity contribution in [2.75, 3.05) is 0 Å². The standard InChI is InChI=1S/C7H10N2O2/c8-4-5-2-1-3-6(5)9-7(10)11/h5-6,9H,1-3H2,(H,10,11)/t5-,6-/m0/s1. The average molecular weight is 154 g/mol. The summed E-state index contributed by atoms with van der Waals surface area (Å²) in [5.41, 5.74) is 0. The zero-order chi connectivity index (χ0) is 8.27.